The number of amides is 2. The number of hydrogen-bond donors (Lipinski definition) is 2. The Bertz CT molecular complexity index is 618. The summed E-state index contributed by atoms with van der Waals surface area (Å²) in [6.45, 7) is 5.86. The van der Waals surface area contributed by atoms with Crippen LogP contribution in [0, 0.1) is 12.8 Å². The average Bonchev–Trinajstić information content (AvgIpc) is 3.00. The number of nitrogens with one attached hydrogen (secondary N) is 2. The van der Waals surface area contributed by atoms with E-state index in [1.54, 1.807) is 0 Å². The van der Waals surface area contributed by atoms with Crippen LogP contribution in [-0.2, 0) is 9.53 Å². The van der Waals surface area contributed by atoms with Crippen molar-refractivity contribution in [3.05, 3.63) is 47.7 Å². The maximum Gasteiger partial charge on any atom is 0.319 e. The normalized spacial score (nSPS) is 24.9. The van der Waals surface area contributed by atoms with Crippen LogP contribution in [-0.4, -0.2) is 18.1 Å². The Morgan fingerprint density at radius 1 is 1.22 bits per heavy atom. The molecular weight excluding hydrogens is 292 g/mol. The fourth-order valence-electron chi connectivity index (χ4n) is 3.26. The van der Waals surface area contributed by atoms with Gasteiger partial charge in [0, 0.05) is 5.70 Å². The second-order valence-electron chi connectivity index (χ2n) is 6.33. The van der Waals surface area contributed by atoms with E-state index < -0.39 is 12.0 Å². The first kappa shape index (κ1) is 15.6. The van der Waals surface area contributed by atoms with Gasteiger partial charge in [-0.15, -0.1) is 0 Å². The maximum absolute atomic E-state index is 12.6. The highest BCUT2D eigenvalue weighted by Crippen LogP contribution is 2.32. The van der Waals surface area contributed by atoms with Crippen LogP contribution in [0.15, 0.2) is 36.5 Å². The van der Waals surface area contributed by atoms with Crippen LogP contribution in [0.1, 0.15) is 42.9 Å². The molecule has 122 valence electrons. The number of ether oxygens (including phenoxy) is 1. The molecule has 1 saturated heterocycles. The van der Waals surface area contributed by atoms with Crippen molar-refractivity contribution in [2.75, 3.05) is 0 Å². The molecule has 5 heteroatoms. The largest absolute Gasteiger partial charge is 0.462 e. The van der Waals surface area contributed by atoms with Gasteiger partial charge in [-0.05, 0) is 38.2 Å². The van der Waals surface area contributed by atoms with Gasteiger partial charge in [-0.25, -0.2) is 4.79 Å². The van der Waals surface area contributed by atoms with Gasteiger partial charge < -0.3 is 15.4 Å². The Morgan fingerprint density at radius 3 is 2.52 bits per heavy atom. The molecule has 3 rings (SSSR count). The Balaban J connectivity index is 1.83. The van der Waals surface area contributed by atoms with Gasteiger partial charge in [0.1, 0.15) is 12.0 Å². The molecule has 1 aromatic rings. The molecule has 1 aromatic carbocycles. The van der Waals surface area contributed by atoms with Gasteiger partial charge in [-0.1, -0.05) is 36.4 Å². The van der Waals surface area contributed by atoms with Crippen LogP contribution in [0.4, 0.5) is 4.79 Å². The van der Waals surface area contributed by atoms with Gasteiger partial charge >= 0.3 is 12.0 Å². The van der Waals surface area contributed by atoms with Crippen molar-refractivity contribution in [2.45, 2.75) is 44.8 Å². The van der Waals surface area contributed by atoms with Crippen molar-refractivity contribution in [3.63, 3.8) is 0 Å². The highest BCUT2D eigenvalue weighted by Gasteiger charge is 2.39. The predicted octanol–water partition coefficient (Wildman–Crippen LogP) is 2.96. The average molecular weight is 314 g/mol. The monoisotopic (exact) mass is 314 g/mol. The molecule has 0 radical (unpaired) electrons. The van der Waals surface area contributed by atoms with Gasteiger partial charge in [0.2, 0.25) is 0 Å². The van der Waals surface area contributed by atoms with Crippen molar-refractivity contribution < 1.29 is 14.3 Å². The van der Waals surface area contributed by atoms with Crippen LogP contribution in [0.25, 0.3) is 0 Å². The minimum absolute atomic E-state index is 0.00778. The number of rotatable bonds is 3. The summed E-state index contributed by atoms with van der Waals surface area (Å²) in [4.78, 5) is 24.4. The molecule has 2 amide bonds. The lowest BCUT2D eigenvalue weighted by molar-refractivity contribution is -0.153. The zero-order valence-corrected chi connectivity index (χ0v) is 13.3. The molecule has 0 bridgehead atoms. The zero-order valence-electron chi connectivity index (χ0n) is 13.3. The van der Waals surface area contributed by atoms with Crippen molar-refractivity contribution in [1.82, 2.24) is 10.6 Å². The van der Waals surface area contributed by atoms with Crippen LogP contribution in [0.3, 0.4) is 0 Å². The summed E-state index contributed by atoms with van der Waals surface area (Å²) >= 11 is 0. The molecule has 1 aliphatic carbocycles. The molecule has 1 saturated carbocycles. The number of hydrogen-bond acceptors (Lipinski definition) is 3. The molecule has 23 heavy (non-hydrogen) atoms. The van der Waals surface area contributed by atoms with Gasteiger partial charge in [0.25, 0.3) is 0 Å². The third-order valence-corrected chi connectivity index (χ3v) is 4.54. The Labute approximate surface area is 136 Å². The summed E-state index contributed by atoms with van der Waals surface area (Å²) in [5, 5.41) is 5.43. The van der Waals surface area contributed by atoms with Crippen molar-refractivity contribution in [2.24, 2.45) is 5.92 Å². The van der Waals surface area contributed by atoms with E-state index in [1.165, 1.54) is 0 Å². The molecule has 5 nitrogen and oxygen atoms in total. The number of urea groups is 1. The Hall–Kier alpha value is -2.30. The lowest BCUT2D eigenvalue weighted by Gasteiger charge is -2.34. The fraction of sp³-hybridized carbons (Fsp3) is 0.444. The minimum Gasteiger partial charge on any atom is -0.462 e. The number of carbonyl (C=O) groups excluding carboxylic acids is 2. The molecule has 2 unspecified atom stereocenters. The summed E-state index contributed by atoms with van der Waals surface area (Å²) in [6.07, 6.45) is 4.02. The van der Waals surface area contributed by atoms with E-state index in [0.29, 0.717) is 5.70 Å². The molecule has 2 N–H and O–H groups in total. The summed E-state index contributed by atoms with van der Waals surface area (Å²) in [7, 11) is 0. The van der Waals surface area contributed by atoms with E-state index in [2.05, 4.69) is 17.2 Å². The number of aryl methyl sites for hydroxylation is 1. The Morgan fingerprint density at radius 2 is 1.87 bits per heavy atom. The number of benzene rings is 1. The third kappa shape index (κ3) is 3.38. The molecule has 2 fully saturated rings. The summed E-state index contributed by atoms with van der Waals surface area (Å²) < 4.78 is 5.64. The first-order chi connectivity index (χ1) is 11.0. The van der Waals surface area contributed by atoms with Gasteiger partial charge in [0.15, 0.2) is 0 Å². The first-order valence-corrected chi connectivity index (χ1v) is 8.08. The van der Waals surface area contributed by atoms with E-state index in [1.807, 2.05) is 31.2 Å². The standard InChI is InChI=1S/C18H22N2O3/c1-11-7-9-13(10-8-11)16-15(12(2)19-18(22)20-16)17(21)23-14-5-3-4-6-14/h7-10,14-16H,2-6H2,1H3,(H2,19,20,22). The maximum atomic E-state index is 12.6. The predicted molar refractivity (Wildman–Crippen MR) is 86.6 cm³/mol. The highest BCUT2D eigenvalue weighted by molar-refractivity contribution is 5.85. The molecule has 0 aromatic heterocycles. The van der Waals surface area contributed by atoms with E-state index in [-0.39, 0.29) is 18.1 Å². The van der Waals surface area contributed by atoms with Crippen LogP contribution in [0.5, 0.6) is 0 Å². The van der Waals surface area contributed by atoms with Crippen molar-refractivity contribution in [3.8, 4) is 0 Å². The molecule has 2 atom stereocenters. The highest BCUT2D eigenvalue weighted by atomic mass is 16.5. The minimum atomic E-state index is -0.615. The van der Waals surface area contributed by atoms with Crippen molar-refractivity contribution >= 4 is 12.0 Å². The Kier molecular flexibility index (Phi) is 4.37. The van der Waals surface area contributed by atoms with Gasteiger partial charge in [-0.2, -0.15) is 0 Å². The molecule has 1 heterocycles. The topological polar surface area (TPSA) is 67.4 Å². The molecule has 0 spiro atoms. The molecule has 1 aliphatic heterocycles. The van der Waals surface area contributed by atoms with E-state index >= 15 is 0 Å². The zero-order chi connectivity index (χ0) is 16.4. The third-order valence-electron chi connectivity index (χ3n) is 4.54. The molecular formula is C18H22N2O3. The van der Waals surface area contributed by atoms with E-state index in [4.69, 9.17) is 4.74 Å². The first-order valence-electron chi connectivity index (χ1n) is 8.08. The number of esters is 1. The van der Waals surface area contributed by atoms with Crippen LogP contribution in [0.2, 0.25) is 0 Å². The van der Waals surface area contributed by atoms with Crippen molar-refractivity contribution in [1.29, 1.82) is 0 Å². The second-order valence-corrected chi connectivity index (χ2v) is 6.33. The summed E-state index contributed by atoms with van der Waals surface area (Å²) in [5.41, 5.74) is 2.39. The fourth-order valence-corrected chi connectivity index (χ4v) is 3.26. The SMILES string of the molecule is C=C1NC(=O)NC(c2ccc(C)cc2)C1C(=O)OC1CCCC1. The lowest BCUT2D eigenvalue weighted by atomic mass is 9.88. The molecule has 2 aliphatic rings. The lowest BCUT2D eigenvalue weighted by Crippen LogP contribution is -2.51. The van der Waals surface area contributed by atoms with Gasteiger partial charge in [-0.3, -0.25) is 4.79 Å². The van der Waals surface area contributed by atoms with Crippen LogP contribution >= 0.6 is 0 Å². The van der Waals surface area contributed by atoms with E-state index in [9.17, 15) is 9.59 Å². The number of carbonyl (C=O) groups is 2. The summed E-state index contributed by atoms with van der Waals surface area (Å²) in [5.74, 6) is -0.934. The van der Waals surface area contributed by atoms with E-state index in [0.717, 1.165) is 36.8 Å². The second kappa shape index (κ2) is 6.44. The van der Waals surface area contributed by atoms with Gasteiger partial charge in [0.05, 0.1) is 6.04 Å². The smallest absolute Gasteiger partial charge is 0.319 e. The quantitative estimate of drug-likeness (QED) is 0.843. The summed E-state index contributed by atoms with van der Waals surface area (Å²) in [6, 6.07) is 6.98. The van der Waals surface area contributed by atoms with Crippen LogP contribution < -0.4 is 10.6 Å².